The van der Waals surface area contributed by atoms with Crippen LogP contribution in [0.25, 0.3) is 0 Å². The van der Waals surface area contributed by atoms with Gasteiger partial charge in [0.25, 0.3) is 0 Å². The maximum absolute atomic E-state index is 7.32. The van der Waals surface area contributed by atoms with Gasteiger partial charge in [-0.3, -0.25) is 0 Å². The second kappa shape index (κ2) is 32.3. The number of halogens is 2. The van der Waals surface area contributed by atoms with E-state index in [1.807, 2.05) is 0 Å². The molecule has 68 valence electrons. The van der Waals surface area contributed by atoms with Gasteiger partial charge in [-0.2, -0.15) is 5.26 Å². The minimum absolute atomic E-state index is 0.194. The highest BCUT2D eigenvalue weighted by Crippen LogP contribution is 1.73. The van der Waals surface area contributed by atoms with Crippen LogP contribution in [0.15, 0.2) is 0 Å². The van der Waals surface area contributed by atoms with Gasteiger partial charge in [0, 0.05) is 6.92 Å². The summed E-state index contributed by atoms with van der Waals surface area (Å²) in [4.78, 5) is 0. The summed E-state index contributed by atoms with van der Waals surface area (Å²) in [5.74, 6) is 0. The van der Waals surface area contributed by atoms with Gasteiger partial charge in [0.1, 0.15) is 0 Å². The SMILES string of the molecule is CC#N.CCNCC.ClCCl. The first-order valence-corrected chi connectivity index (χ1v) is 4.45. The fraction of sp³-hybridized carbons (Fsp3) is 0.857. The fourth-order valence-corrected chi connectivity index (χ4v) is 0.250. The number of alkyl halides is 2. The van der Waals surface area contributed by atoms with Gasteiger partial charge in [-0.15, -0.1) is 23.2 Å². The van der Waals surface area contributed by atoms with Crippen molar-refractivity contribution in [1.82, 2.24) is 5.32 Å². The average molecular weight is 199 g/mol. The normalized spacial score (nSPS) is 6.18. The minimum atomic E-state index is 0.194. The number of hydrogen-bond acceptors (Lipinski definition) is 2. The molecule has 0 heterocycles. The molecule has 0 aromatic carbocycles. The molecule has 0 fully saturated rings. The number of hydrogen-bond donors (Lipinski definition) is 1. The third kappa shape index (κ3) is 157. The van der Waals surface area contributed by atoms with Crippen molar-refractivity contribution in [2.75, 3.05) is 18.4 Å². The van der Waals surface area contributed by atoms with Gasteiger partial charge in [-0.1, -0.05) is 13.8 Å². The Bertz CT molecular complexity index is 69.3. The first-order valence-electron chi connectivity index (χ1n) is 3.38. The predicted octanol–water partition coefficient (Wildman–Crippen LogP) is 2.57. The minimum Gasteiger partial charge on any atom is -0.317 e. The summed E-state index contributed by atoms with van der Waals surface area (Å²) in [6, 6.07) is 1.75. The van der Waals surface area contributed by atoms with Crippen molar-refractivity contribution in [3.05, 3.63) is 0 Å². The van der Waals surface area contributed by atoms with E-state index in [0.717, 1.165) is 13.1 Å². The molecule has 0 radical (unpaired) electrons. The zero-order valence-corrected chi connectivity index (χ0v) is 8.84. The van der Waals surface area contributed by atoms with E-state index in [9.17, 15) is 0 Å². The summed E-state index contributed by atoms with van der Waals surface area (Å²) in [5.41, 5.74) is 0. The summed E-state index contributed by atoms with van der Waals surface area (Å²) in [7, 11) is 0. The van der Waals surface area contributed by atoms with Gasteiger partial charge in [-0.25, -0.2) is 0 Å². The van der Waals surface area contributed by atoms with Gasteiger partial charge < -0.3 is 5.32 Å². The zero-order chi connectivity index (χ0) is 9.54. The van der Waals surface area contributed by atoms with Crippen molar-refractivity contribution in [1.29, 1.82) is 5.26 Å². The van der Waals surface area contributed by atoms with Gasteiger partial charge in [0.2, 0.25) is 0 Å². The first-order chi connectivity index (χ1) is 5.24. The van der Waals surface area contributed by atoms with Crippen molar-refractivity contribution in [3.8, 4) is 6.07 Å². The molecule has 2 nitrogen and oxygen atoms in total. The standard InChI is InChI=1S/C4H11N.C2H3N.CH2Cl2/c1-3-5-4-2;1-2-3;2-1-3/h5H,3-4H2,1-2H3;1H3;1H2. The number of nitrogens with zero attached hydrogens (tertiary/aromatic N) is 1. The quantitative estimate of drug-likeness (QED) is 0.693. The molecular weight excluding hydrogens is 183 g/mol. The van der Waals surface area contributed by atoms with Crippen molar-refractivity contribution in [3.63, 3.8) is 0 Å². The van der Waals surface area contributed by atoms with Crippen LogP contribution in [0.2, 0.25) is 0 Å². The molecule has 0 amide bonds. The van der Waals surface area contributed by atoms with Crippen molar-refractivity contribution < 1.29 is 0 Å². The molecule has 0 aliphatic heterocycles. The second-order valence-electron chi connectivity index (χ2n) is 1.28. The van der Waals surface area contributed by atoms with E-state index in [2.05, 4.69) is 19.2 Å². The second-order valence-corrected chi connectivity index (χ2v) is 2.09. The van der Waals surface area contributed by atoms with Crippen LogP contribution in [0, 0.1) is 11.3 Å². The van der Waals surface area contributed by atoms with E-state index in [1.165, 1.54) is 6.92 Å². The largest absolute Gasteiger partial charge is 0.317 e. The van der Waals surface area contributed by atoms with E-state index in [-0.39, 0.29) is 5.34 Å². The van der Waals surface area contributed by atoms with Crippen LogP contribution in [0.1, 0.15) is 20.8 Å². The van der Waals surface area contributed by atoms with E-state index >= 15 is 0 Å². The topological polar surface area (TPSA) is 35.8 Å². The Kier molecular flexibility index (Phi) is 50.6. The molecule has 11 heavy (non-hydrogen) atoms. The molecule has 0 saturated heterocycles. The molecule has 0 aromatic heterocycles. The summed E-state index contributed by atoms with van der Waals surface area (Å²) in [6.45, 7) is 7.82. The lowest BCUT2D eigenvalue weighted by molar-refractivity contribution is 0.762. The van der Waals surface area contributed by atoms with Crippen LogP contribution in [0.3, 0.4) is 0 Å². The van der Waals surface area contributed by atoms with Crippen molar-refractivity contribution in [2.24, 2.45) is 0 Å². The zero-order valence-electron chi connectivity index (χ0n) is 7.32. The molecule has 0 unspecified atom stereocenters. The molecule has 4 heteroatoms. The van der Waals surface area contributed by atoms with Crippen LogP contribution in [0.5, 0.6) is 0 Å². The molecule has 0 saturated carbocycles. The Balaban J connectivity index is -0.0000000933. The Labute approximate surface area is 79.5 Å². The Hall–Kier alpha value is 0.0300. The van der Waals surface area contributed by atoms with Crippen LogP contribution in [0.4, 0.5) is 0 Å². The number of rotatable bonds is 2. The lowest BCUT2D eigenvalue weighted by Gasteiger charge is -1.86. The van der Waals surface area contributed by atoms with Crippen LogP contribution < -0.4 is 5.32 Å². The average Bonchev–Trinajstić information content (AvgIpc) is 1.92. The van der Waals surface area contributed by atoms with E-state index in [1.54, 1.807) is 6.07 Å². The highest BCUT2D eigenvalue weighted by molar-refractivity contribution is 6.40. The third-order valence-electron chi connectivity index (χ3n) is 0.500. The van der Waals surface area contributed by atoms with E-state index in [4.69, 9.17) is 28.5 Å². The molecule has 0 aliphatic rings. The molecule has 0 aromatic rings. The van der Waals surface area contributed by atoms with Gasteiger partial charge in [0.05, 0.1) is 11.4 Å². The molecule has 1 N–H and O–H groups in total. The summed E-state index contributed by atoms with van der Waals surface area (Å²) in [5, 5.41) is 10.6. The van der Waals surface area contributed by atoms with Crippen molar-refractivity contribution in [2.45, 2.75) is 20.8 Å². The fourth-order valence-electron chi connectivity index (χ4n) is 0.250. The summed E-state index contributed by atoms with van der Waals surface area (Å²) in [6.07, 6.45) is 0. The maximum Gasteiger partial charge on any atom is 0.0967 e. The molecule has 0 atom stereocenters. The molecular formula is C7H16Cl2N2. The molecule has 0 aliphatic carbocycles. The molecule has 0 bridgehead atoms. The van der Waals surface area contributed by atoms with Gasteiger partial charge >= 0.3 is 0 Å². The third-order valence-corrected chi connectivity index (χ3v) is 0.500. The van der Waals surface area contributed by atoms with E-state index < -0.39 is 0 Å². The van der Waals surface area contributed by atoms with Crippen LogP contribution >= 0.6 is 23.2 Å². The highest BCUT2D eigenvalue weighted by atomic mass is 35.5. The highest BCUT2D eigenvalue weighted by Gasteiger charge is 1.62. The number of nitrogens with one attached hydrogen (secondary N) is 1. The van der Waals surface area contributed by atoms with Gasteiger partial charge in [0.15, 0.2) is 0 Å². The van der Waals surface area contributed by atoms with Crippen LogP contribution in [-0.4, -0.2) is 18.4 Å². The monoisotopic (exact) mass is 198 g/mol. The van der Waals surface area contributed by atoms with Crippen LogP contribution in [-0.2, 0) is 0 Å². The van der Waals surface area contributed by atoms with Gasteiger partial charge in [-0.05, 0) is 13.1 Å². The summed E-state index contributed by atoms with van der Waals surface area (Å²) >= 11 is 9.53. The smallest absolute Gasteiger partial charge is 0.0967 e. The lowest BCUT2D eigenvalue weighted by atomic mass is 10.7. The van der Waals surface area contributed by atoms with Crippen molar-refractivity contribution >= 4 is 23.2 Å². The molecule has 0 spiro atoms. The Morgan fingerprint density at radius 2 is 1.45 bits per heavy atom. The van der Waals surface area contributed by atoms with E-state index in [0.29, 0.717) is 0 Å². The number of nitriles is 1. The molecule has 0 rings (SSSR count). The maximum atomic E-state index is 7.32. The first kappa shape index (κ1) is 17.2. The Morgan fingerprint density at radius 3 is 1.45 bits per heavy atom. The Morgan fingerprint density at radius 1 is 1.27 bits per heavy atom. The lowest BCUT2D eigenvalue weighted by Crippen LogP contribution is -2.09. The summed E-state index contributed by atoms with van der Waals surface area (Å²) < 4.78 is 0. The predicted molar refractivity (Wildman–Crippen MR) is 52.1 cm³/mol.